The number of rotatable bonds is 6. The Bertz CT molecular complexity index is 533. The van der Waals surface area contributed by atoms with E-state index in [1.54, 1.807) is 17.1 Å². The van der Waals surface area contributed by atoms with Crippen LogP contribution in [-0.4, -0.2) is 26.2 Å². The van der Waals surface area contributed by atoms with E-state index in [-0.39, 0.29) is 5.88 Å². The zero-order valence-corrected chi connectivity index (χ0v) is 9.87. The van der Waals surface area contributed by atoms with Crippen LogP contribution in [0.3, 0.4) is 0 Å². The van der Waals surface area contributed by atoms with Crippen LogP contribution in [0.4, 0.5) is 5.88 Å². The van der Waals surface area contributed by atoms with Crippen LogP contribution in [0.2, 0.25) is 0 Å². The number of hydrogen-bond donors (Lipinski definition) is 1. The van der Waals surface area contributed by atoms with Gasteiger partial charge >= 0.3 is 5.88 Å². The van der Waals surface area contributed by atoms with E-state index < -0.39 is 4.92 Å². The lowest BCUT2D eigenvalue weighted by atomic mass is 10.4. The van der Waals surface area contributed by atoms with Gasteiger partial charge in [0, 0.05) is 20.0 Å². The minimum absolute atomic E-state index is 0.238. The van der Waals surface area contributed by atoms with Crippen LogP contribution in [0, 0.1) is 10.1 Å². The van der Waals surface area contributed by atoms with E-state index in [0.717, 1.165) is 5.82 Å². The summed E-state index contributed by atoms with van der Waals surface area (Å²) in [6.45, 7) is 1.12. The van der Waals surface area contributed by atoms with Crippen LogP contribution >= 0.6 is 0 Å². The quantitative estimate of drug-likeness (QED) is 0.459. The smallest absolute Gasteiger partial charge is 0.404 e. The number of nitrogens with one attached hydrogen (secondary N) is 1. The third-order valence-corrected chi connectivity index (χ3v) is 2.30. The summed E-state index contributed by atoms with van der Waals surface area (Å²) < 4.78 is 6.65. The summed E-state index contributed by atoms with van der Waals surface area (Å²) in [4.78, 5) is 13.9. The van der Waals surface area contributed by atoms with Crippen LogP contribution in [0.25, 0.3) is 0 Å². The maximum Gasteiger partial charge on any atom is 0.433 e. The van der Waals surface area contributed by atoms with E-state index in [9.17, 15) is 10.1 Å². The average molecular weight is 251 g/mol. The molecule has 0 aliphatic carbocycles. The first-order valence-electron chi connectivity index (χ1n) is 5.43. The fraction of sp³-hybridized carbons (Fsp3) is 0.400. The summed E-state index contributed by atoms with van der Waals surface area (Å²) in [6, 6.07) is 2.93. The summed E-state index contributed by atoms with van der Waals surface area (Å²) in [5.41, 5.74) is 0. The second-order valence-corrected chi connectivity index (χ2v) is 3.76. The van der Waals surface area contributed by atoms with Crippen molar-refractivity contribution in [3.05, 3.63) is 40.2 Å². The number of aromatic nitrogens is 3. The van der Waals surface area contributed by atoms with Crippen molar-refractivity contribution in [3.8, 4) is 0 Å². The van der Waals surface area contributed by atoms with Crippen molar-refractivity contribution in [2.45, 2.75) is 13.0 Å². The third-order valence-electron chi connectivity index (χ3n) is 2.30. The molecule has 18 heavy (non-hydrogen) atoms. The third kappa shape index (κ3) is 3.14. The van der Waals surface area contributed by atoms with Gasteiger partial charge in [0.1, 0.15) is 17.0 Å². The van der Waals surface area contributed by atoms with Crippen molar-refractivity contribution in [1.29, 1.82) is 0 Å². The van der Waals surface area contributed by atoms with Crippen molar-refractivity contribution in [1.82, 2.24) is 20.1 Å². The van der Waals surface area contributed by atoms with Gasteiger partial charge in [-0.15, -0.1) is 0 Å². The highest BCUT2D eigenvalue weighted by molar-refractivity contribution is 5.17. The topological polar surface area (TPSA) is 99.0 Å². The molecule has 2 heterocycles. The van der Waals surface area contributed by atoms with Crippen LogP contribution in [-0.2, 0) is 20.0 Å². The molecule has 0 aromatic carbocycles. The Morgan fingerprint density at radius 2 is 2.39 bits per heavy atom. The lowest BCUT2D eigenvalue weighted by Gasteiger charge is -1.99. The minimum Gasteiger partial charge on any atom is -0.404 e. The Balaban J connectivity index is 1.73. The van der Waals surface area contributed by atoms with Crippen molar-refractivity contribution < 1.29 is 9.34 Å². The van der Waals surface area contributed by atoms with Crippen molar-refractivity contribution >= 4 is 5.88 Å². The molecule has 0 saturated carbocycles. The number of aryl methyl sites for hydroxylation is 1. The normalized spacial score (nSPS) is 10.7. The molecule has 0 spiro atoms. The molecule has 1 N–H and O–H groups in total. The Morgan fingerprint density at radius 1 is 1.56 bits per heavy atom. The number of furan rings is 1. The van der Waals surface area contributed by atoms with Crippen molar-refractivity contribution in [3.63, 3.8) is 0 Å². The molecule has 0 fully saturated rings. The Labute approximate surface area is 103 Å². The molecular formula is C10H13N5O3. The fourth-order valence-electron chi connectivity index (χ4n) is 1.47. The molecule has 0 aliphatic heterocycles. The molecule has 0 radical (unpaired) electrons. The molecule has 0 aliphatic rings. The second-order valence-electron chi connectivity index (χ2n) is 3.76. The molecule has 0 unspecified atom stereocenters. The van der Waals surface area contributed by atoms with Gasteiger partial charge in [0.2, 0.25) is 0 Å². The molecule has 0 atom stereocenters. The number of nitrogens with zero attached hydrogens (tertiary/aromatic N) is 4. The SMILES string of the molecule is Cn1cnc(CCNCc2ccc([N+](=O)[O-])o2)n1. The molecule has 8 heteroatoms. The number of hydrogen-bond acceptors (Lipinski definition) is 6. The molecule has 8 nitrogen and oxygen atoms in total. The Hall–Kier alpha value is -2.22. The van der Waals surface area contributed by atoms with Gasteiger partial charge in [-0.25, -0.2) is 4.98 Å². The van der Waals surface area contributed by atoms with E-state index in [1.807, 2.05) is 7.05 Å². The first kappa shape index (κ1) is 12.2. The largest absolute Gasteiger partial charge is 0.433 e. The van der Waals surface area contributed by atoms with E-state index in [1.165, 1.54) is 6.07 Å². The van der Waals surface area contributed by atoms with Gasteiger partial charge in [-0.1, -0.05) is 0 Å². The van der Waals surface area contributed by atoms with Gasteiger partial charge in [-0.2, -0.15) is 5.10 Å². The lowest BCUT2D eigenvalue weighted by Crippen LogP contribution is -2.16. The zero-order valence-electron chi connectivity index (χ0n) is 9.87. The van der Waals surface area contributed by atoms with Gasteiger partial charge in [0.05, 0.1) is 12.6 Å². The van der Waals surface area contributed by atoms with Crippen LogP contribution < -0.4 is 5.32 Å². The zero-order chi connectivity index (χ0) is 13.0. The van der Waals surface area contributed by atoms with Gasteiger partial charge in [-0.05, 0) is 6.07 Å². The lowest BCUT2D eigenvalue weighted by molar-refractivity contribution is -0.402. The van der Waals surface area contributed by atoms with Gasteiger partial charge in [-0.3, -0.25) is 14.8 Å². The van der Waals surface area contributed by atoms with Gasteiger partial charge in [0.25, 0.3) is 0 Å². The first-order valence-corrected chi connectivity index (χ1v) is 5.43. The summed E-state index contributed by atoms with van der Waals surface area (Å²) >= 11 is 0. The first-order chi connectivity index (χ1) is 8.65. The molecule has 0 saturated heterocycles. The highest BCUT2D eigenvalue weighted by Gasteiger charge is 2.11. The highest BCUT2D eigenvalue weighted by Crippen LogP contribution is 2.14. The molecule has 2 rings (SSSR count). The van der Waals surface area contributed by atoms with E-state index >= 15 is 0 Å². The predicted molar refractivity (Wildman–Crippen MR) is 61.8 cm³/mol. The molecule has 0 bridgehead atoms. The van der Waals surface area contributed by atoms with Gasteiger partial charge in [0.15, 0.2) is 5.82 Å². The minimum atomic E-state index is -0.554. The molecule has 96 valence electrons. The standard InChI is InChI=1S/C10H13N5O3/c1-14-7-12-9(13-14)4-5-11-6-8-2-3-10(18-8)15(16)17/h2-3,7,11H,4-6H2,1H3. The molecule has 2 aromatic rings. The Morgan fingerprint density at radius 3 is 3.00 bits per heavy atom. The second kappa shape index (κ2) is 5.41. The highest BCUT2D eigenvalue weighted by atomic mass is 16.6. The van der Waals surface area contributed by atoms with E-state index in [0.29, 0.717) is 25.3 Å². The summed E-state index contributed by atoms with van der Waals surface area (Å²) in [5, 5.41) is 17.6. The van der Waals surface area contributed by atoms with Crippen LogP contribution in [0.15, 0.2) is 22.9 Å². The van der Waals surface area contributed by atoms with Crippen molar-refractivity contribution in [2.75, 3.05) is 6.54 Å². The van der Waals surface area contributed by atoms with Crippen LogP contribution in [0.5, 0.6) is 0 Å². The monoisotopic (exact) mass is 251 g/mol. The number of nitro groups is 1. The van der Waals surface area contributed by atoms with Crippen LogP contribution in [0.1, 0.15) is 11.6 Å². The fourth-order valence-corrected chi connectivity index (χ4v) is 1.47. The molecular weight excluding hydrogens is 238 g/mol. The maximum atomic E-state index is 10.4. The summed E-state index contributed by atoms with van der Waals surface area (Å²) in [5.74, 6) is 1.06. The molecule has 0 amide bonds. The van der Waals surface area contributed by atoms with E-state index in [2.05, 4.69) is 15.4 Å². The summed E-state index contributed by atoms with van der Waals surface area (Å²) in [7, 11) is 1.81. The van der Waals surface area contributed by atoms with Crippen molar-refractivity contribution in [2.24, 2.45) is 7.05 Å². The van der Waals surface area contributed by atoms with E-state index in [4.69, 9.17) is 4.42 Å². The predicted octanol–water partition coefficient (Wildman–Crippen LogP) is 0.649. The molecule has 2 aromatic heterocycles. The summed E-state index contributed by atoms with van der Waals surface area (Å²) in [6.07, 6.45) is 2.34. The maximum absolute atomic E-state index is 10.4. The Kier molecular flexibility index (Phi) is 3.68. The van der Waals surface area contributed by atoms with Gasteiger partial charge < -0.3 is 9.73 Å². The average Bonchev–Trinajstić information content (AvgIpc) is 2.93.